The van der Waals surface area contributed by atoms with Gasteiger partial charge < -0.3 is 14.6 Å². The zero-order chi connectivity index (χ0) is 22.2. The molecule has 4 rings (SSSR count). The number of hydrogen-bond acceptors (Lipinski definition) is 6. The molecule has 1 aliphatic rings. The molecule has 11 heteroatoms. The first-order valence-electron chi connectivity index (χ1n) is 8.84. The number of fused-ring (bicyclic) bond motifs is 1. The first-order chi connectivity index (χ1) is 14.8. The van der Waals surface area contributed by atoms with Gasteiger partial charge in [-0.1, -0.05) is 11.8 Å². The van der Waals surface area contributed by atoms with Crippen LogP contribution in [0.3, 0.4) is 0 Å². The molecule has 160 valence electrons. The number of hydrogen-bond donors (Lipinski definition) is 1. The fraction of sp³-hybridized carbons (Fsp3) is 0.150. The highest BCUT2D eigenvalue weighted by Crippen LogP contribution is 2.38. The first kappa shape index (κ1) is 21.5. The van der Waals surface area contributed by atoms with Crippen LogP contribution in [0.4, 0.5) is 13.2 Å². The first-order valence-corrected chi connectivity index (χ1v) is 10.9. The van der Waals surface area contributed by atoms with Crippen LogP contribution in [-0.4, -0.2) is 33.5 Å². The summed E-state index contributed by atoms with van der Waals surface area (Å²) in [6, 6.07) is 9.89. The number of nitrogens with one attached hydrogen (secondary N) is 1. The van der Waals surface area contributed by atoms with E-state index in [1.165, 1.54) is 31.1 Å². The van der Waals surface area contributed by atoms with E-state index in [-0.39, 0.29) is 17.4 Å². The second kappa shape index (κ2) is 8.40. The van der Waals surface area contributed by atoms with Crippen molar-refractivity contribution in [3.63, 3.8) is 0 Å². The van der Waals surface area contributed by atoms with Crippen molar-refractivity contribution in [2.24, 2.45) is 4.40 Å². The van der Waals surface area contributed by atoms with Crippen LogP contribution in [0.5, 0.6) is 5.75 Å². The Bertz CT molecular complexity index is 1200. The molecule has 1 unspecified atom stereocenters. The minimum Gasteiger partial charge on any atom is -0.586 e. The van der Waals surface area contributed by atoms with E-state index in [0.29, 0.717) is 32.1 Å². The minimum absolute atomic E-state index is 0.0443. The molecule has 1 fully saturated rings. The maximum atomic E-state index is 13.0. The lowest BCUT2D eigenvalue weighted by molar-refractivity contribution is -0.137. The molecule has 2 heterocycles. The number of alkyl halides is 3. The number of nitrogens with zero attached hydrogens (tertiary/aromatic N) is 2. The van der Waals surface area contributed by atoms with Crippen LogP contribution in [0.25, 0.3) is 22.0 Å². The van der Waals surface area contributed by atoms with E-state index in [4.69, 9.17) is 4.74 Å². The van der Waals surface area contributed by atoms with Crippen LogP contribution in [-0.2, 0) is 22.3 Å². The molecule has 1 atom stereocenters. The number of ether oxygens (including phenoxy) is 1. The average Bonchev–Trinajstić information content (AvgIpc) is 3.16. The van der Waals surface area contributed by atoms with Crippen molar-refractivity contribution >= 4 is 45.0 Å². The van der Waals surface area contributed by atoms with Crippen molar-refractivity contribution in [2.75, 3.05) is 12.9 Å². The molecule has 0 saturated carbocycles. The van der Waals surface area contributed by atoms with E-state index in [2.05, 4.69) is 14.7 Å². The number of rotatable bonds is 4. The van der Waals surface area contributed by atoms with Crippen molar-refractivity contribution in [2.45, 2.75) is 11.1 Å². The number of aromatic nitrogens is 1. The van der Waals surface area contributed by atoms with Gasteiger partial charge in [-0.05, 0) is 46.2 Å². The Balaban J connectivity index is 1.73. The Kier molecular flexibility index (Phi) is 5.82. The summed E-state index contributed by atoms with van der Waals surface area (Å²) in [5, 5.41) is 4.16. The van der Waals surface area contributed by atoms with Gasteiger partial charge >= 0.3 is 6.18 Å². The highest BCUT2D eigenvalue weighted by molar-refractivity contribution is 8.15. The Morgan fingerprint density at radius 1 is 1.23 bits per heavy atom. The fourth-order valence-corrected chi connectivity index (χ4v) is 4.70. The molecule has 0 bridgehead atoms. The molecule has 1 amide bonds. The van der Waals surface area contributed by atoms with Gasteiger partial charge in [0.25, 0.3) is 0 Å². The minimum atomic E-state index is -4.49. The molecule has 31 heavy (non-hydrogen) atoms. The van der Waals surface area contributed by atoms with Crippen LogP contribution in [0.1, 0.15) is 5.56 Å². The van der Waals surface area contributed by atoms with Gasteiger partial charge in [0.1, 0.15) is 17.1 Å². The smallest absolute Gasteiger partial charge is 0.416 e. The topological polar surface area (TPSA) is 86.6 Å². The Hall–Kier alpha value is -2.76. The number of pyridine rings is 1. The number of halogens is 3. The van der Waals surface area contributed by atoms with Crippen LogP contribution < -0.4 is 10.1 Å². The zero-order valence-corrected chi connectivity index (χ0v) is 17.5. The van der Waals surface area contributed by atoms with Crippen molar-refractivity contribution in [3.8, 4) is 17.0 Å². The number of amidine groups is 1. The Labute approximate surface area is 182 Å². The van der Waals surface area contributed by atoms with E-state index in [1.807, 2.05) is 0 Å². The molecular formula is C20H14F3N3O3S2. The lowest BCUT2D eigenvalue weighted by atomic mass is 10.0. The van der Waals surface area contributed by atoms with E-state index < -0.39 is 23.1 Å². The molecule has 3 aromatic rings. The number of methoxy groups -OCH3 is 1. The molecule has 1 aromatic heterocycles. The number of benzene rings is 2. The predicted molar refractivity (Wildman–Crippen MR) is 113 cm³/mol. The van der Waals surface area contributed by atoms with Crippen LogP contribution in [0.15, 0.2) is 58.0 Å². The highest BCUT2D eigenvalue weighted by Gasteiger charge is 2.31. The van der Waals surface area contributed by atoms with Crippen LogP contribution >= 0.6 is 11.8 Å². The summed E-state index contributed by atoms with van der Waals surface area (Å²) >= 11 is -0.556. The molecule has 2 aromatic carbocycles. The van der Waals surface area contributed by atoms with E-state index >= 15 is 0 Å². The van der Waals surface area contributed by atoms with Gasteiger partial charge in [-0.2, -0.15) is 13.2 Å². The van der Waals surface area contributed by atoms with Crippen molar-refractivity contribution in [3.05, 3.63) is 54.2 Å². The number of carbonyl (C=O) groups excluding carboxylic acids is 1. The fourth-order valence-electron chi connectivity index (χ4n) is 3.04. The quantitative estimate of drug-likeness (QED) is 0.585. The van der Waals surface area contributed by atoms with Crippen LogP contribution in [0, 0.1) is 0 Å². The third kappa shape index (κ3) is 4.48. The Morgan fingerprint density at radius 3 is 2.71 bits per heavy atom. The molecular weight excluding hydrogens is 451 g/mol. The molecule has 0 spiro atoms. The summed E-state index contributed by atoms with van der Waals surface area (Å²) < 4.78 is 60.9. The van der Waals surface area contributed by atoms with Crippen molar-refractivity contribution in [1.29, 1.82) is 0 Å². The molecule has 1 aliphatic heterocycles. The second-order valence-electron chi connectivity index (χ2n) is 6.44. The lowest BCUT2D eigenvalue weighted by Gasteiger charge is -2.14. The summed E-state index contributed by atoms with van der Waals surface area (Å²) in [4.78, 5) is 16.0. The van der Waals surface area contributed by atoms with Crippen molar-refractivity contribution < 1.29 is 27.3 Å². The number of carbonyl (C=O) groups is 1. The summed E-state index contributed by atoms with van der Waals surface area (Å²) in [6.45, 7) is 0. The summed E-state index contributed by atoms with van der Waals surface area (Å²) in [7, 11) is 1.30. The van der Waals surface area contributed by atoms with Crippen molar-refractivity contribution in [1.82, 2.24) is 10.3 Å². The van der Waals surface area contributed by atoms with E-state index in [1.54, 1.807) is 24.3 Å². The normalized spacial score (nSPS) is 16.5. The van der Waals surface area contributed by atoms with Gasteiger partial charge in [0.2, 0.25) is 11.1 Å². The summed E-state index contributed by atoms with van der Waals surface area (Å²) in [5.41, 5.74) is 0.0209. The van der Waals surface area contributed by atoms with Gasteiger partial charge in [0.05, 0.1) is 24.1 Å². The molecule has 6 nitrogen and oxygen atoms in total. The van der Waals surface area contributed by atoms with Crippen LogP contribution in [0.2, 0.25) is 0 Å². The molecule has 0 aliphatic carbocycles. The SMILES string of the molecule is COc1cc(C(F)(F)F)ccc1-c1nccc2cc([S+]([O-])N=C3NC(=O)CS3)ccc12. The van der Waals surface area contributed by atoms with E-state index in [9.17, 15) is 22.5 Å². The third-order valence-electron chi connectivity index (χ3n) is 4.47. The summed E-state index contributed by atoms with van der Waals surface area (Å²) in [6.07, 6.45) is -2.98. The largest absolute Gasteiger partial charge is 0.586 e. The summed E-state index contributed by atoms with van der Waals surface area (Å²) in [5.74, 6) is 0.0842. The number of thioether (sulfide) groups is 1. The standard InChI is InChI=1S/C20H14F3N3O3S2/c1-29-16-9-12(20(21,22)23)2-4-15(16)18-14-5-3-13(8-11(14)6-7-24-18)31(28)26-19-25-17(27)10-30-19/h2-9H,10H2,1H3,(H,25,26,27). The Morgan fingerprint density at radius 2 is 2.03 bits per heavy atom. The predicted octanol–water partition coefficient (Wildman–Crippen LogP) is 4.17. The van der Waals surface area contributed by atoms with Gasteiger partial charge in [0.15, 0.2) is 4.90 Å². The second-order valence-corrected chi connectivity index (χ2v) is 8.55. The molecule has 1 saturated heterocycles. The molecule has 0 radical (unpaired) electrons. The lowest BCUT2D eigenvalue weighted by Crippen LogP contribution is -2.21. The van der Waals surface area contributed by atoms with Gasteiger partial charge in [0, 0.05) is 23.2 Å². The monoisotopic (exact) mass is 465 g/mol. The third-order valence-corrected chi connectivity index (χ3v) is 6.47. The number of amides is 1. The van der Waals surface area contributed by atoms with Gasteiger partial charge in [-0.25, -0.2) is 0 Å². The van der Waals surface area contributed by atoms with Gasteiger partial charge in [-0.3, -0.25) is 9.78 Å². The highest BCUT2D eigenvalue weighted by atomic mass is 32.2. The van der Waals surface area contributed by atoms with Gasteiger partial charge in [-0.15, -0.1) is 0 Å². The average molecular weight is 465 g/mol. The maximum absolute atomic E-state index is 13.0. The molecule has 1 N–H and O–H groups in total. The zero-order valence-electron chi connectivity index (χ0n) is 15.9. The van der Waals surface area contributed by atoms with E-state index in [0.717, 1.165) is 12.1 Å². The maximum Gasteiger partial charge on any atom is 0.416 e.